The standard InChI is InChI=1S/C17H21N7O/c18-10-14-11-24(22-20-14)15-6-8-23(9-7-15)12-16-19-17(21-25-16)13-4-2-1-3-5-13/h1-5,11,15H,6-10,12,18H2. The van der Waals surface area contributed by atoms with Gasteiger partial charge >= 0.3 is 0 Å². The number of piperidine rings is 1. The lowest BCUT2D eigenvalue weighted by atomic mass is 10.1. The van der Waals surface area contributed by atoms with Crippen LogP contribution < -0.4 is 5.73 Å². The molecule has 0 atom stereocenters. The first-order chi connectivity index (χ1) is 12.3. The van der Waals surface area contributed by atoms with Crippen LogP contribution in [0.2, 0.25) is 0 Å². The molecule has 0 saturated carbocycles. The third-order valence-corrected chi connectivity index (χ3v) is 4.56. The number of rotatable bonds is 5. The van der Waals surface area contributed by atoms with Gasteiger partial charge in [-0.2, -0.15) is 4.98 Å². The van der Waals surface area contributed by atoms with Gasteiger partial charge in [-0.25, -0.2) is 4.68 Å². The van der Waals surface area contributed by atoms with Crippen LogP contribution in [0, 0.1) is 0 Å². The number of hydrogen-bond donors (Lipinski definition) is 1. The van der Waals surface area contributed by atoms with Crippen LogP contribution in [0.5, 0.6) is 0 Å². The second-order valence-electron chi connectivity index (χ2n) is 6.28. The summed E-state index contributed by atoms with van der Waals surface area (Å²) in [6.45, 7) is 3.04. The van der Waals surface area contributed by atoms with Crippen molar-refractivity contribution < 1.29 is 4.52 Å². The molecule has 3 aromatic rings. The predicted octanol–water partition coefficient (Wildman–Crippen LogP) is 1.62. The van der Waals surface area contributed by atoms with Gasteiger partial charge in [0.05, 0.1) is 24.5 Å². The molecule has 1 aliphatic rings. The first-order valence-electron chi connectivity index (χ1n) is 8.53. The fourth-order valence-electron chi connectivity index (χ4n) is 3.14. The molecule has 1 aliphatic heterocycles. The Labute approximate surface area is 145 Å². The predicted molar refractivity (Wildman–Crippen MR) is 91.2 cm³/mol. The van der Waals surface area contributed by atoms with E-state index in [2.05, 4.69) is 25.4 Å². The van der Waals surface area contributed by atoms with E-state index in [9.17, 15) is 0 Å². The maximum absolute atomic E-state index is 5.60. The van der Waals surface area contributed by atoms with Gasteiger partial charge in [0.1, 0.15) is 0 Å². The minimum Gasteiger partial charge on any atom is -0.338 e. The highest BCUT2D eigenvalue weighted by Crippen LogP contribution is 2.23. The van der Waals surface area contributed by atoms with E-state index >= 15 is 0 Å². The second-order valence-corrected chi connectivity index (χ2v) is 6.28. The Morgan fingerprint density at radius 1 is 1.16 bits per heavy atom. The Morgan fingerprint density at radius 2 is 1.96 bits per heavy atom. The zero-order chi connectivity index (χ0) is 17.1. The molecule has 0 radical (unpaired) electrons. The number of hydrogen-bond acceptors (Lipinski definition) is 7. The van der Waals surface area contributed by atoms with Crippen LogP contribution in [0.1, 0.15) is 30.5 Å². The van der Waals surface area contributed by atoms with Gasteiger partial charge in [0.15, 0.2) is 0 Å². The number of aromatic nitrogens is 5. The molecule has 1 fully saturated rings. The second kappa shape index (κ2) is 7.12. The average Bonchev–Trinajstić information content (AvgIpc) is 3.33. The van der Waals surface area contributed by atoms with Gasteiger partial charge in [-0.3, -0.25) is 4.90 Å². The zero-order valence-electron chi connectivity index (χ0n) is 14.0. The summed E-state index contributed by atoms with van der Waals surface area (Å²) in [7, 11) is 0. The number of benzene rings is 1. The van der Waals surface area contributed by atoms with Gasteiger partial charge in [-0.15, -0.1) is 5.10 Å². The summed E-state index contributed by atoms with van der Waals surface area (Å²) >= 11 is 0. The van der Waals surface area contributed by atoms with E-state index in [1.54, 1.807) is 0 Å². The molecule has 130 valence electrons. The van der Waals surface area contributed by atoms with Crippen LogP contribution in [0.15, 0.2) is 41.1 Å². The van der Waals surface area contributed by atoms with E-state index in [-0.39, 0.29) is 0 Å². The summed E-state index contributed by atoms with van der Waals surface area (Å²) in [5.41, 5.74) is 7.40. The van der Waals surface area contributed by atoms with E-state index in [1.807, 2.05) is 41.2 Å². The molecule has 8 heteroatoms. The molecule has 0 unspecified atom stereocenters. The molecule has 0 spiro atoms. The molecule has 2 aromatic heterocycles. The van der Waals surface area contributed by atoms with E-state index < -0.39 is 0 Å². The smallest absolute Gasteiger partial charge is 0.241 e. The number of nitrogens with two attached hydrogens (primary N) is 1. The van der Waals surface area contributed by atoms with Crippen LogP contribution in [0.4, 0.5) is 0 Å². The van der Waals surface area contributed by atoms with Gasteiger partial charge in [-0.05, 0) is 12.8 Å². The highest BCUT2D eigenvalue weighted by molar-refractivity contribution is 5.53. The fraction of sp³-hybridized carbons (Fsp3) is 0.412. The fourth-order valence-corrected chi connectivity index (χ4v) is 3.14. The number of likely N-dealkylation sites (tertiary alicyclic amines) is 1. The Kier molecular flexibility index (Phi) is 4.53. The van der Waals surface area contributed by atoms with Crippen LogP contribution >= 0.6 is 0 Å². The largest absolute Gasteiger partial charge is 0.338 e. The van der Waals surface area contributed by atoms with Gasteiger partial charge in [0.2, 0.25) is 11.7 Å². The van der Waals surface area contributed by atoms with E-state index in [1.165, 1.54) is 0 Å². The first-order valence-corrected chi connectivity index (χ1v) is 8.53. The molecular formula is C17H21N7O. The third-order valence-electron chi connectivity index (χ3n) is 4.56. The molecule has 0 aliphatic carbocycles. The van der Waals surface area contributed by atoms with Gasteiger partial charge in [0, 0.05) is 25.2 Å². The Hall–Kier alpha value is -2.58. The van der Waals surface area contributed by atoms with Crippen molar-refractivity contribution in [3.63, 3.8) is 0 Å². The number of nitrogens with zero attached hydrogens (tertiary/aromatic N) is 6. The highest BCUT2D eigenvalue weighted by Gasteiger charge is 2.23. The van der Waals surface area contributed by atoms with Crippen molar-refractivity contribution in [3.8, 4) is 11.4 Å². The molecule has 2 N–H and O–H groups in total. The van der Waals surface area contributed by atoms with E-state index in [0.717, 1.165) is 37.2 Å². The Balaban J connectivity index is 1.34. The molecular weight excluding hydrogens is 318 g/mol. The molecule has 3 heterocycles. The zero-order valence-corrected chi connectivity index (χ0v) is 14.0. The Morgan fingerprint density at radius 3 is 2.68 bits per heavy atom. The SMILES string of the molecule is NCc1cn(C2CCN(Cc3nc(-c4ccccc4)no3)CC2)nn1. The van der Waals surface area contributed by atoms with Crippen molar-refractivity contribution in [1.29, 1.82) is 0 Å². The molecule has 1 saturated heterocycles. The minimum atomic E-state index is 0.381. The monoisotopic (exact) mass is 339 g/mol. The summed E-state index contributed by atoms with van der Waals surface area (Å²) in [6.07, 6.45) is 3.99. The van der Waals surface area contributed by atoms with Crippen molar-refractivity contribution in [2.45, 2.75) is 32.0 Å². The molecule has 0 bridgehead atoms. The van der Waals surface area contributed by atoms with E-state index in [4.69, 9.17) is 10.3 Å². The lowest BCUT2D eigenvalue weighted by Gasteiger charge is -2.30. The summed E-state index contributed by atoms with van der Waals surface area (Å²) < 4.78 is 7.35. The molecule has 25 heavy (non-hydrogen) atoms. The lowest BCUT2D eigenvalue weighted by molar-refractivity contribution is 0.155. The molecule has 1 aromatic carbocycles. The highest BCUT2D eigenvalue weighted by atomic mass is 16.5. The molecule has 8 nitrogen and oxygen atoms in total. The van der Waals surface area contributed by atoms with Crippen molar-refractivity contribution >= 4 is 0 Å². The quantitative estimate of drug-likeness (QED) is 0.754. The minimum absolute atomic E-state index is 0.381. The maximum atomic E-state index is 5.60. The van der Waals surface area contributed by atoms with Crippen molar-refractivity contribution in [1.82, 2.24) is 30.0 Å². The van der Waals surface area contributed by atoms with Crippen LogP contribution in [0.3, 0.4) is 0 Å². The maximum Gasteiger partial charge on any atom is 0.241 e. The lowest BCUT2D eigenvalue weighted by Crippen LogP contribution is -2.34. The van der Waals surface area contributed by atoms with Gasteiger partial charge in [0.25, 0.3) is 0 Å². The average molecular weight is 339 g/mol. The van der Waals surface area contributed by atoms with E-state index in [0.29, 0.717) is 30.8 Å². The first kappa shape index (κ1) is 15.9. The summed E-state index contributed by atoms with van der Waals surface area (Å²) in [6, 6.07) is 10.3. The summed E-state index contributed by atoms with van der Waals surface area (Å²) in [4.78, 5) is 6.84. The normalized spacial score (nSPS) is 16.4. The molecule has 4 rings (SSSR count). The van der Waals surface area contributed by atoms with Crippen LogP contribution in [-0.4, -0.2) is 43.1 Å². The van der Waals surface area contributed by atoms with Crippen molar-refractivity contribution in [2.24, 2.45) is 5.73 Å². The summed E-state index contributed by atoms with van der Waals surface area (Å²) in [5, 5.41) is 12.3. The Bertz CT molecular complexity index is 805. The van der Waals surface area contributed by atoms with Crippen LogP contribution in [0.25, 0.3) is 11.4 Å². The molecule has 0 amide bonds. The topological polar surface area (TPSA) is 98.9 Å². The third kappa shape index (κ3) is 3.59. The van der Waals surface area contributed by atoms with Crippen LogP contribution in [-0.2, 0) is 13.1 Å². The van der Waals surface area contributed by atoms with Crippen molar-refractivity contribution in [3.05, 3.63) is 48.1 Å². The summed E-state index contributed by atoms with van der Waals surface area (Å²) in [5.74, 6) is 1.30. The van der Waals surface area contributed by atoms with Gasteiger partial charge in [-0.1, -0.05) is 40.7 Å². The van der Waals surface area contributed by atoms with Gasteiger partial charge < -0.3 is 10.3 Å². The van der Waals surface area contributed by atoms with Crippen molar-refractivity contribution in [2.75, 3.05) is 13.1 Å².